The van der Waals surface area contributed by atoms with Crippen molar-refractivity contribution in [2.75, 3.05) is 13.7 Å². The highest BCUT2D eigenvalue weighted by atomic mass is 19.3. The Morgan fingerprint density at radius 1 is 1.29 bits per heavy atom. The Morgan fingerprint density at radius 2 is 2.00 bits per heavy atom. The van der Waals surface area contributed by atoms with Gasteiger partial charge in [-0.25, -0.2) is 8.78 Å². The molecule has 1 aromatic rings. The van der Waals surface area contributed by atoms with E-state index in [9.17, 15) is 8.78 Å². The van der Waals surface area contributed by atoms with Crippen LogP contribution >= 0.6 is 0 Å². The molecular weight excluding hydrogens is 190 g/mol. The van der Waals surface area contributed by atoms with Gasteiger partial charge in [0, 0.05) is 0 Å². The second kappa shape index (κ2) is 4.79. The predicted molar refractivity (Wildman–Crippen MR) is 49.2 cm³/mol. The van der Waals surface area contributed by atoms with Gasteiger partial charge in [-0.15, -0.1) is 0 Å². The lowest BCUT2D eigenvalue weighted by Gasteiger charge is -2.10. The summed E-state index contributed by atoms with van der Waals surface area (Å²) in [6.07, 6.45) is -2.47. The molecule has 1 aromatic carbocycles. The molecule has 0 spiro atoms. The first-order chi connectivity index (χ1) is 6.63. The molecule has 0 amide bonds. The lowest BCUT2D eigenvalue weighted by atomic mass is 10.2. The molecule has 0 radical (unpaired) electrons. The van der Waals surface area contributed by atoms with Crippen molar-refractivity contribution >= 4 is 0 Å². The Hall–Kier alpha value is -1.32. The van der Waals surface area contributed by atoms with Gasteiger partial charge in [-0.3, -0.25) is 0 Å². The Labute approximate surface area is 81.4 Å². The van der Waals surface area contributed by atoms with E-state index in [-0.39, 0.29) is 0 Å². The Balaban J connectivity index is 2.75. The van der Waals surface area contributed by atoms with Crippen LogP contribution in [0.25, 0.3) is 0 Å². The van der Waals surface area contributed by atoms with Crippen LogP contribution in [0.4, 0.5) is 8.78 Å². The van der Waals surface area contributed by atoms with Gasteiger partial charge in [0.15, 0.2) is 11.5 Å². The minimum Gasteiger partial charge on any atom is -0.493 e. The fourth-order valence-electron chi connectivity index (χ4n) is 1.05. The second-order valence-electron chi connectivity index (χ2n) is 2.86. The molecule has 0 N–H and O–H groups in total. The van der Waals surface area contributed by atoms with Gasteiger partial charge < -0.3 is 9.47 Å². The average Bonchev–Trinajstić information content (AvgIpc) is 2.15. The molecule has 0 unspecified atom stereocenters. The van der Waals surface area contributed by atoms with Crippen LogP contribution < -0.4 is 9.47 Å². The molecule has 2 nitrogen and oxygen atoms in total. The first-order valence-electron chi connectivity index (χ1n) is 4.19. The van der Waals surface area contributed by atoms with Crippen LogP contribution in [0.5, 0.6) is 11.5 Å². The molecule has 0 aliphatic heterocycles. The van der Waals surface area contributed by atoms with Crippen molar-refractivity contribution in [2.45, 2.75) is 13.3 Å². The van der Waals surface area contributed by atoms with Crippen molar-refractivity contribution in [1.29, 1.82) is 0 Å². The zero-order valence-corrected chi connectivity index (χ0v) is 8.09. The topological polar surface area (TPSA) is 18.5 Å². The van der Waals surface area contributed by atoms with E-state index in [1.807, 2.05) is 6.92 Å². The number of benzene rings is 1. The molecule has 0 aromatic heterocycles. The van der Waals surface area contributed by atoms with E-state index >= 15 is 0 Å². The molecule has 0 saturated heterocycles. The SMILES string of the molecule is COc1cc(C)ccc1OCC(F)F. The summed E-state index contributed by atoms with van der Waals surface area (Å²) < 4.78 is 33.6. The maximum absolute atomic E-state index is 11.9. The van der Waals surface area contributed by atoms with E-state index in [1.54, 1.807) is 18.2 Å². The highest BCUT2D eigenvalue weighted by Gasteiger charge is 2.07. The minimum absolute atomic E-state index is 0.346. The van der Waals surface area contributed by atoms with Gasteiger partial charge in [0.1, 0.15) is 6.61 Å². The molecule has 0 saturated carbocycles. The maximum atomic E-state index is 11.9. The van der Waals surface area contributed by atoms with Crippen molar-refractivity contribution in [1.82, 2.24) is 0 Å². The number of ether oxygens (including phenoxy) is 2. The highest BCUT2D eigenvalue weighted by Crippen LogP contribution is 2.27. The van der Waals surface area contributed by atoms with Gasteiger partial charge in [-0.05, 0) is 24.6 Å². The zero-order chi connectivity index (χ0) is 10.6. The summed E-state index contributed by atoms with van der Waals surface area (Å²) >= 11 is 0. The summed E-state index contributed by atoms with van der Waals surface area (Å²) in [5, 5.41) is 0. The number of alkyl halides is 2. The monoisotopic (exact) mass is 202 g/mol. The summed E-state index contributed by atoms with van der Waals surface area (Å²) in [4.78, 5) is 0. The lowest BCUT2D eigenvalue weighted by Crippen LogP contribution is -2.07. The number of aryl methyl sites for hydroxylation is 1. The highest BCUT2D eigenvalue weighted by molar-refractivity contribution is 5.42. The molecule has 0 aliphatic carbocycles. The predicted octanol–water partition coefficient (Wildman–Crippen LogP) is 2.65. The molecule has 0 fully saturated rings. The molecular formula is C10H12F2O2. The van der Waals surface area contributed by atoms with Gasteiger partial charge in [-0.2, -0.15) is 0 Å². The quantitative estimate of drug-likeness (QED) is 0.747. The molecule has 78 valence electrons. The summed E-state index contributed by atoms with van der Waals surface area (Å²) in [6.45, 7) is 1.28. The average molecular weight is 202 g/mol. The van der Waals surface area contributed by atoms with Gasteiger partial charge in [0.05, 0.1) is 7.11 Å². The fraction of sp³-hybridized carbons (Fsp3) is 0.400. The van der Waals surface area contributed by atoms with E-state index in [2.05, 4.69) is 0 Å². The van der Waals surface area contributed by atoms with Crippen LogP contribution in [0, 0.1) is 6.92 Å². The number of halogens is 2. The summed E-state index contributed by atoms with van der Waals surface area (Å²) in [7, 11) is 1.48. The first kappa shape index (κ1) is 10.8. The van der Waals surface area contributed by atoms with Crippen LogP contribution in [0.1, 0.15) is 5.56 Å². The summed E-state index contributed by atoms with van der Waals surface area (Å²) in [6, 6.07) is 5.14. The Kier molecular flexibility index (Phi) is 3.68. The van der Waals surface area contributed by atoms with Crippen LogP contribution in [0.2, 0.25) is 0 Å². The lowest BCUT2D eigenvalue weighted by molar-refractivity contribution is 0.0804. The number of methoxy groups -OCH3 is 1. The molecule has 1 rings (SSSR count). The standard InChI is InChI=1S/C10H12F2O2/c1-7-3-4-8(9(5-7)13-2)14-6-10(11)12/h3-5,10H,6H2,1-2H3. The molecule has 4 heteroatoms. The Morgan fingerprint density at radius 3 is 2.57 bits per heavy atom. The molecule has 0 heterocycles. The van der Waals surface area contributed by atoms with Crippen molar-refractivity contribution in [2.24, 2.45) is 0 Å². The van der Waals surface area contributed by atoms with E-state index in [0.717, 1.165) is 5.56 Å². The van der Waals surface area contributed by atoms with Crippen molar-refractivity contribution in [3.63, 3.8) is 0 Å². The van der Waals surface area contributed by atoms with Gasteiger partial charge in [0.2, 0.25) is 0 Å². The summed E-state index contributed by atoms with van der Waals surface area (Å²) in [5.41, 5.74) is 0.992. The van der Waals surface area contributed by atoms with Crippen LogP contribution in [0.3, 0.4) is 0 Å². The molecule has 0 aliphatic rings. The number of hydrogen-bond acceptors (Lipinski definition) is 2. The normalized spacial score (nSPS) is 10.4. The van der Waals surface area contributed by atoms with E-state index in [4.69, 9.17) is 9.47 Å². The van der Waals surface area contributed by atoms with Crippen molar-refractivity contribution < 1.29 is 18.3 Å². The molecule has 0 atom stereocenters. The van der Waals surface area contributed by atoms with Crippen LogP contribution in [0.15, 0.2) is 18.2 Å². The third kappa shape index (κ3) is 2.87. The van der Waals surface area contributed by atoms with E-state index in [1.165, 1.54) is 7.11 Å². The largest absolute Gasteiger partial charge is 0.493 e. The fourth-order valence-corrected chi connectivity index (χ4v) is 1.05. The third-order valence-electron chi connectivity index (χ3n) is 1.68. The first-order valence-corrected chi connectivity index (χ1v) is 4.19. The van der Waals surface area contributed by atoms with E-state index < -0.39 is 13.0 Å². The molecule has 0 bridgehead atoms. The second-order valence-corrected chi connectivity index (χ2v) is 2.86. The molecule has 14 heavy (non-hydrogen) atoms. The summed E-state index contributed by atoms with van der Waals surface area (Å²) in [5.74, 6) is 0.823. The Bertz CT molecular complexity index is 300. The third-order valence-corrected chi connectivity index (χ3v) is 1.68. The van der Waals surface area contributed by atoms with Gasteiger partial charge >= 0.3 is 0 Å². The maximum Gasteiger partial charge on any atom is 0.272 e. The number of hydrogen-bond donors (Lipinski definition) is 0. The van der Waals surface area contributed by atoms with Crippen LogP contribution in [-0.4, -0.2) is 20.1 Å². The number of rotatable bonds is 4. The van der Waals surface area contributed by atoms with Gasteiger partial charge in [0.25, 0.3) is 6.43 Å². The van der Waals surface area contributed by atoms with Crippen molar-refractivity contribution in [3.05, 3.63) is 23.8 Å². The van der Waals surface area contributed by atoms with E-state index in [0.29, 0.717) is 11.5 Å². The minimum atomic E-state index is -2.47. The van der Waals surface area contributed by atoms with Crippen molar-refractivity contribution in [3.8, 4) is 11.5 Å². The smallest absolute Gasteiger partial charge is 0.272 e. The van der Waals surface area contributed by atoms with Gasteiger partial charge in [-0.1, -0.05) is 6.07 Å². The zero-order valence-electron chi connectivity index (χ0n) is 8.09. The van der Waals surface area contributed by atoms with Crippen LogP contribution in [-0.2, 0) is 0 Å².